The fraction of sp³-hybridized carbons (Fsp3) is 0.182. The molecule has 0 aliphatic carbocycles. The van der Waals surface area contributed by atoms with Gasteiger partial charge in [-0.25, -0.2) is 9.37 Å². The standard InChI is InChI=1S/C11H9BrF3N3/c12-7-2-1-3-8(13)10(7)17-6-9-16-4-5-18(9)11(14)15/h1-5,11,17H,6H2. The molecule has 0 aliphatic rings. The second-order valence-electron chi connectivity index (χ2n) is 3.48. The Morgan fingerprint density at radius 3 is 2.83 bits per heavy atom. The lowest BCUT2D eigenvalue weighted by Crippen LogP contribution is -2.10. The molecular weight excluding hydrogens is 311 g/mol. The molecule has 0 saturated carbocycles. The van der Waals surface area contributed by atoms with Crippen LogP contribution in [0.15, 0.2) is 35.1 Å². The number of hydrogen-bond acceptors (Lipinski definition) is 2. The molecule has 18 heavy (non-hydrogen) atoms. The van der Waals surface area contributed by atoms with Crippen LogP contribution in [0.4, 0.5) is 18.9 Å². The summed E-state index contributed by atoms with van der Waals surface area (Å²) in [4.78, 5) is 3.79. The van der Waals surface area contributed by atoms with Gasteiger partial charge in [-0.15, -0.1) is 0 Å². The van der Waals surface area contributed by atoms with Crippen molar-refractivity contribution in [3.63, 3.8) is 0 Å². The molecule has 0 fully saturated rings. The van der Waals surface area contributed by atoms with Crippen molar-refractivity contribution in [2.45, 2.75) is 13.1 Å². The van der Waals surface area contributed by atoms with Crippen LogP contribution in [-0.2, 0) is 6.54 Å². The van der Waals surface area contributed by atoms with Gasteiger partial charge in [0.15, 0.2) is 0 Å². The second-order valence-corrected chi connectivity index (χ2v) is 4.33. The van der Waals surface area contributed by atoms with Crippen molar-refractivity contribution >= 4 is 21.6 Å². The molecule has 1 aromatic carbocycles. The first-order chi connectivity index (χ1) is 8.59. The normalized spacial score (nSPS) is 10.9. The Bertz CT molecular complexity index is 522. The quantitative estimate of drug-likeness (QED) is 0.929. The zero-order valence-corrected chi connectivity index (χ0v) is 10.7. The fourth-order valence-corrected chi connectivity index (χ4v) is 1.97. The van der Waals surface area contributed by atoms with E-state index in [0.29, 0.717) is 4.47 Å². The van der Waals surface area contributed by atoms with Crippen LogP contribution < -0.4 is 5.32 Å². The van der Waals surface area contributed by atoms with Crippen LogP contribution in [0.5, 0.6) is 0 Å². The summed E-state index contributed by atoms with van der Waals surface area (Å²) >= 11 is 3.18. The van der Waals surface area contributed by atoms with E-state index < -0.39 is 12.4 Å². The molecule has 0 spiro atoms. The molecule has 7 heteroatoms. The molecule has 0 radical (unpaired) electrons. The summed E-state index contributed by atoms with van der Waals surface area (Å²) in [6, 6.07) is 4.49. The van der Waals surface area contributed by atoms with Gasteiger partial charge >= 0.3 is 6.55 Å². The van der Waals surface area contributed by atoms with E-state index in [1.165, 1.54) is 18.5 Å². The molecule has 0 atom stereocenters. The maximum absolute atomic E-state index is 13.5. The van der Waals surface area contributed by atoms with Crippen LogP contribution in [0, 0.1) is 5.82 Å². The minimum Gasteiger partial charge on any atom is -0.375 e. The highest BCUT2D eigenvalue weighted by Crippen LogP contribution is 2.25. The average molecular weight is 320 g/mol. The van der Waals surface area contributed by atoms with E-state index in [0.717, 1.165) is 4.57 Å². The molecule has 1 heterocycles. The van der Waals surface area contributed by atoms with E-state index in [4.69, 9.17) is 0 Å². The zero-order chi connectivity index (χ0) is 13.1. The van der Waals surface area contributed by atoms with Crippen LogP contribution in [0.3, 0.4) is 0 Å². The summed E-state index contributed by atoms with van der Waals surface area (Å²) in [5.74, 6) is -0.320. The first-order valence-electron chi connectivity index (χ1n) is 5.07. The van der Waals surface area contributed by atoms with Crippen molar-refractivity contribution in [3.8, 4) is 0 Å². The van der Waals surface area contributed by atoms with E-state index in [1.807, 2.05) is 0 Å². The molecule has 2 aromatic rings. The van der Waals surface area contributed by atoms with Gasteiger partial charge in [0.2, 0.25) is 0 Å². The van der Waals surface area contributed by atoms with Crippen LogP contribution in [0.2, 0.25) is 0 Å². The number of aromatic nitrogens is 2. The number of halogens is 4. The number of nitrogens with one attached hydrogen (secondary N) is 1. The highest BCUT2D eigenvalue weighted by molar-refractivity contribution is 9.10. The highest BCUT2D eigenvalue weighted by atomic mass is 79.9. The zero-order valence-electron chi connectivity index (χ0n) is 9.08. The van der Waals surface area contributed by atoms with Gasteiger partial charge in [-0.05, 0) is 28.1 Å². The molecule has 0 unspecified atom stereocenters. The molecule has 0 amide bonds. The largest absolute Gasteiger partial charge is 0.375 e. The molecule has 0 bridgehead atoms. The topological polar surface area (TPSA) is 29.9 Å². The van der Waals surface area contributed by atoms with Gasteiger partial charge in [-0.2, -0.15) is 8.78 Å². The molecular formula is C11H9BrF3N3. The summed E-state index contributed by atoms with van der Waals surface area (Å²) in [6.45, 7) is -2.65. The smallest absolute Gasteiger partial charge is 0.319 e. The number of benzene rings is 1. The Morgan fingerprint density at radius 1 is 1.39 bits per heavy atom. The van der Waals surface area contributed by atoms with E-state index >= 15 is 0 Å². The lowest BCUT2D eigenvalue weighted by atomic mass is 10.3. The fourth-order valence-electron chi connectivity index (χ4n) is 1.49. The van der Waals surface area contributed by atoms with Crippen molar-refractivity contribution in [1.82, 2.24) is 9.55 Å². The maximum atomic E-state index is 13.5. The summed E-state index contributed by atoms with van der Waals surface area (Å²) < 4.78 is 39.8. The lowest BCUT2D eigenvalue weighted by molar-refractivity contribution is 0.0673. The highest BCUT2D eigenvalue weighted by Gasteiger charge is 2.12. The van der Waals surface area contributed by atoms with Gasteiger partial charge in [0.1, 0.15) is 11.6 Å². The van der Waals surface area contributed by atoms with Crippen LogP contribution >= 0.6 is 15.9 Å². The second kappa shape index (κ2) is 5.43. The van der Waals surface area contributed by atoms with Crippen molar-refractivity contribution < 1.29 is 13.2 Å². The third-order valence-corrected chi connectivity index (χ3v) is 3.01. The first-order valence-corrected chi connectivity index (χ1v) is 5.86. The molecule has 1 aromatic heterocycles. The van der Waals surface area contributed by atoms with E-state index in [9.17, 15) is 13.2 Å². The van der Waals surface area contributed by atoms with Gasteiger partial charge < -0.3 is 5.32 Å². The SMILES string of the molecule is Fc1cccc(Br)c1NCc1nccn1C(F)F. The van der Waals surface area contributed by atoms with Gasteiger partial charge in [0, 0.05) is 16.9 Å². The van der Waals surface area contributed by atoms with Gasteiger partial charge in [-0.1, -0.05) is 6.07 Å². The maximum Gasteiger partial charge on any atom is 0.319 e. The van der Waals surface area contributed by atoms with E-state index in [1.54, 1.807) is 12.1 Å². The van der Waals surface area contributed by atoms with Gasteiger partial charge in [0.05, 0.1) is 12.2 Å². The van der Waals surface area contributed by atoms with Crippen molar-refractivity contribution in [1.29, 1.82) is 0 Å². The Hall–Kier alpha value is -1.50. The van der Waals surface area contributed by atoms with E-state index in [2.05, 4.69) is 26.2 Å². The van der Waals surface area contributed by atoms with Crippen molar-refractivity contribution in [3.05, 3.63) is 46.7 Å². The van der Waals surface area contributed by atoms with Crippen LogP contribution in [-0.4, -0.2) is 9.55 Å². The van der Waals surface area contributed by atoms with Crippen LogP contribution in [0.25, 0.3) is 0 Å². The summed E-state index contributed by atoms with van der Waals surface area (Å²) in [7, 11) is 0. The molecule has 3 nitrogen and oxygen atoms in total. The average Bonchev–Trinajstić information content (AvgIpc) is 2.76. The number of alkyl halides is 2. The molecule has 0 saturated heterocycles. The summed E-state index contributed by atoms with van der Waals surface area (Å²) in [5.41, 5.74) is 0.223. The number of para-hydroxylation sites is 1. The number of nitrogens with zero attached hydrogens (tertiary/aromatic N) is 2. The Labute approximate surface area is 110 Å². The lowest BCUT2D eigenvalue weighted by Gasteiger charge is -2.10. The number of imidazole rings is 1. The van der Waals surface area contributed by atoms with Crippen molar-refractivity contribution in [2.24, 2.45) is 0 Å². The minimum absolute atomic E-state index is 0.0108. The molecule has 0 aliphatic heterocycles. The number of hydrogen-bond donors (Lipinski definition) is 1. The van der Waals surface area contributed by atoms with Crippen LogP contribution in [0.1, 0.15) is 12.4 Å². The van der Waals surface area contributed by atoms with Gasteiger partial charge in [-0.3, -0.25) is 4.57 Å². The summed E-state index contributed by atoms with van der Waals surface area (Å²) in [5, 5.41) is 2.74. The third kappa shape index (κ3) is 2.66. The van der Waals surface area contributed by atoms with Gasteiger partial charge in [0.25, 0.3) is 0 Å². The third-order valence-electron chi connectivity index (χ3n) is 2.35. The Kier molecular flexibility index (Phi) is 3.90. The molecule has 2 rings (SSSR count). The van der Waals surface area contributed by atoms with E-state index in [-0.39, 0.29) is 18.1 Å². The summed E-state index contributed by atoms with van der Waals surface area (Å²) in [6.07, 6.45) is 2.46. The Balaban J connectivity index is 2.14. The minimum atomic E-state index is -2.66. The Morgan fingerprint density at radius 2 is 2.17 bits per heavy atom. The van der Waals surface area contributed by atoms with Crippen molar-refractivity contribution in [2.75, 3.05) is 5.32 Å². The number of anilines is 1. The molecule has 1 N–H and O–H groups in total. The monoisotopic (exact) mass is 319 g/mol. The first kappa shape index (κ1) is 12.9. The predicted molar refractivity (Wildman–Crippen MR) is 64.9 cm³/mol. The predicted octanol–water partition coefficient (Wildman–Crippen LogP) is 3.79. The molecule has 96 valence electrons. The number of rotatable bonds is 4.